The number of hydrogen-bond donors (Lipinski definition) is 0. The molecule has 0 amide bonds. The highest BCUT2D eigenvalue weighted by Gasteiger charge is 2.46. The van der Waals surface area contributed by atoms with E-state index in [0.717, 1.165) is 50.7 Å². The molecule has 0 N–H and O–H groups in total. The van der Waals surface area contributed by atoms with Gasteiger partial charge in [0, 0.05) is 28.2 Å². The highest BCUT2D eigenvalue weighted by molar-refractivity contribution is 6.14. The zero-order valence-electron chi connectivity index (χ0n) is 35.3. The van der Waals surface area contributed by atoms with Crippen LogP contribution in [0.5, 0.6) is 0 Å². The van der Waals surface area contributed by atoms with Crippen LogP contribution in [0.25, 0.3) is 33.4 Å². The Balaban J connectivity index is 1.01. The van der Waals surface area contributed by atoms with Crippen molar-refractivity contribution in [3.63, 3.8) is 0 Å². The summed E-state index contributed by atoms with van der Waals surface area (Å²) in [4.78, 5) is 7.56. The normalized spacial score (nSPS) is 12.2. The lowest BCUT2D eigenvalue weighted by molar-refractivity contribution is 0.768. The summed E-state index contributed by atoms with van der Waals surface area (Å²) in [5.74, 6) is 0. The summed E-state index contributed by atoms with van der Waals surface area (Å²) in [5, 5.41) is 0. The van der Waals surface area contributed by atoms with E-state index in [9.17, 15) is 0 Å². The van der Waals surface area contributed by atoms with Gasteiger partial charge in [-0.25, -0.2) is 4.99 Å². The molecule has 0 heterocycles. The van der Waals surface area contributed by atoms with Crippen LogP contribution in [0.1, 0.15) is 33.4 Å². The van der Waals surface area contributed by atoms with Gasteiger partial charge in [-0.15, -0.1) is 0 Å². The van der Waals surface area contributed by atoms with Gasteiger partial charge in [0.15, 0.2) is 0 Å². The van der Waals surface area contributed by atoms with E-state index in [-0.39, 0.29) is 0 Å². The minimum atomic E-state index is -0.504. The fourth-order valence-corrected chi connectivity index (χ4v) is 9.60. The average molecular weight is 817 g/mol. The molecule has 10 aromatic carbocycles. The topological polar surface area (TPSA) is 15.6 Å². The van der Waals surface area contributed by atoms with Gasteiger partial charge in [-0.2, -0.15) is 0 Å². The van der Waals surface area contributed by atoms with Crippen LogP contribution in [0, 0.1) is 0 Å². The average Bonchev–Trinajstić information content (AvgIpc) is 3.68. The van der Waals surface area contributed by atoms with Crippen LogP contribution in [0.2, 0.25) is 0 Å². The third-order valence-electron chi connectivity index (χ3n) is 12.6. The molecule has 0 aliphatic heterocycles. The van der Waals surface area contributed by atoms with Crippen molar-refractivity contribution < 1.29 is 0 Å². The molecule has 0 bridgehead atoms. The molecular formula is C62H44N2. The zero-order chi connectivity index (χ0) is 42.7. The first-order valence-electron chi connectivity index (χ1n) is 22.0. The molecule has 0 atom stereocenters. The highest BCUT2D eigenvalue weighted by atomic mass is 15.1. The predicted molar refractivity (Wildman–Crippen MR) is 267 cm³/mol. The number of benzene rings is 10. The number of anilines is 3. The van der Waals surface area contributed by atoms with Crippen molar-refractivity contribution in [3.05, 3.63) is 300 Å². The van der Waals surface area contributed by atoms with Crippen LogP contribution in [0.15, 0.2) is 272 Å². The van der Waals surface area contributed by atoms with Crippen LogP contribution in [0.4, 0.5) is 22.7 Å². The van der Waals surface area contributed by atoms with Crippen molar-refractivity contribution in [1.82, 2.24) is 0 Å². The van der Waals surface area contributed by atoms with Crippen LogP contribution in [0.3, 0.4) is 0 Å². The van der Waals surface area contributed by atoms with Gasteiger partial charge in [-0.1, -0.05) is 218 Å². The Morgan fingerprint density at radius 2 is 0.703 bits per heavy atom. The lowest BCUT2D eigenvalue weighted by atomic mass is 9.67. The van der Waals surface area contributed by atoms with Gasteiger partial charge >= 0.3 is 0 Å². The van der Waals surface area contributed by atoms with Crippen molar-refractivity contribution in [2.75, 3.05) is 4.90 Å². The van der Waals surface area contributed by atoms with Crippen molar-refractivity contribution in [3.8, 4) is 33.4 Å². The first kappa shape index (κ1) is 38.6. The molecule has 11 rings (SSSR count). The second kappa shape index (κ2) is 16.9. The van der Waals surface area contributed by atoms with E-state index in [1.165, 1.54) is 44.5 Å². The van der Waals surface area contributed by atoms with E-state index < -0.39 is 5.41 Å². The van der Waals surface area contributed by atoms with Gasteiger partial charge in [0.1, 0.15) is 0 Å². The molecule has 302 valence electrons. The molecule has 0 aromatic heterocycles. The van der Waals surface area contributed by atoms with Gasteiger partial charge in [0.25, 0.3) is 0 Å². The Labute approximate surface area is 375 Å². The number of fused-ring (bicyclic) bond motifs is 3. The Morgan fingerprint density at radius 3 is 1.22 bits per heavy atom. The molecule has 0 saturated carbocycles. The first-order chi connectivity index (χ1) is 31.7. The van der Waals surface area contributed by atoms with Crippen molar-refractivity contribution in [2.45, 2.75) is 5.41 Å². The molecule has 1 aliphatic rings. The smallest absolute Gasteiger partial charge is 0.0781 e. The predicted octanol–water partition coefficient (Wildman–Crippen LogP) is 16.0. The number of hydrogen-bond acceptors (Lipinski definition) is 2. The molecule has 1 aliphatic carbocycles. The van der Waals surface area contributed by atoms with Crippen molar-refractivity contribution >= 4 is 28.5 Å². The molecule has 2 nitrogen and oxygen atoms in total. The van der Waals surface area contributed by atoms with E-state index in [0.29, 0.717) is 0 Å². The van der Waals surface area contributed by atoms with Gasteiger partial charge in [0.2, 0.25) is 0 Å². The van der Waals surface area contributed by atoms with Crippen LogP contribution >= 0.6 is 0 Å². The van der Waals surface area contributed by atoms with Gasteiger partial charge in [-0.3, -0.25) is 0 Å². The van der Waals surface area contributed by atoms with Gasteiger partial charge < -0.3 is 4.90 Å². The zero-order valence-corrected chi connectivity index (χ0v) is 35.3. The Kier molecular flexibility index (Phi) is 10.2. The fraction of sp³-hybridized carbons (Fsp3) is 0.0161. The summed E-state index contributed by atoms with van der Waals surface area (Å²) in [6.45, 7) is 0. The molecular weight excluding hydrogens is 773 g/mol. The third-order valence-corrected chi connectivity index (χ3v) is 12.6. The quantitative estimate of drug-likeness (QED) is 0.126. The van der Waals surface area contributed by atoms with E-state index in [1.54, 1.807) is 0 Å². The molecule has 2 heteroatoms. The van der Waals surface area contributed by atoms with E-state index in [4.69, 9.17) is 4.99 Å². The Hall–Kier alpha value is -8.33. The van der Waals surface area contributed by atoms with Gasteiger partial charge in [-0.05, 0) is 104 Å². The first-order valence-corrected chi connectivity index (χ1v) is 22.0. The van der Waals surface area contributed by atoms with Crippen molar-refractivity contribution in [2.24, 2.45) is 4.99 Å². The van der Waals surface area contributed by atoms with Crippen LogP contribution < -0.4 is 4.90 Å². The third kappa shape index (κ3) is 7.02. The Bertz CT molecular complexity index is 3120. The molecule has 0 saturated heterocycles. The lowest BCUT2D eigenvalue weighted by Crippen LogP contribution is -2.28. The summed E-state index contributed by atoms with van der Waals surface area (Å²) in [6.07, 6.45) is 0. The van der Waals surface area contributed by atoms with Crippen LogP contribution in [-0.2, 0) is 5.41 Å². The maximum absolute atomic E-state index is 5.16. The van der Waals surface area contributed by atoms with E-state index >= 15 is 0 Å². The fourth-order valence-electron chi connectivity index (χ4n) is 9.60. The Morgan fingerprint density at radius 1 is 0.312 bits per heavy atom. The van der Waals surface area contributed by atoms with E-state index in [2.05, 4.69) is 260 Å². The summed E-state index contributed by atoms with van der Waals surface area (Å²) in [5.41, 5.74) is 19.1. The summed E-state index contributed by atoms with van der Waals surface area (Å²) >= 11 is 0. The SMILES string of the molecule is c1ccc(C(=Nc2ccc(-c3ccc(N(c4ccc(-c5ccccc5)cc4)c4ccc5c(c4)C(c4ccccc4)(c4ccccc4)c4ccccc4-5)cc3)cc2)c2ccccc2)cc1. The molecule has 0 radical (unpaired) electrons. The molecule has 10 aromatic rings. The van der Waals surface area contributed by atoms with Crippen molar-refractivity contribution in [1.29, 1.82) is 0 Å². The highest BCUT2D eigenvalue weighted by Crippen LogP contribution is 2.57. The summed E-state index contributed by atoms with van der Waals surface area (Å²) in [6, 6.07) is 96.0. The molecule has 0 fully saturated rings. The second-order valence-electron chi connectivity index (χ2n) is 16.3. The van der Waals surface area contributed by atoms with Crippen LogP contribution in [-0.4, -0.2) is 5.71 Å². The summed E-state index contributed by atoms with van der Waals surface area (Å²) < 4.78 is 0. The number of aliphatic imine (C=N–C) groups is 1. The lowest BCUT2D eigenvalue weighted by Gasteiger charge is -2.35. The molecule has 0 spiro atoms. The molecule has 0 unspecified atom stereocenters. The van der Waals surface area contributed by atoms with Gasteiger partial charge in [0.05, 0.1) is 16.8 Å². The number of rotatable bonds is 10. The standard InChI is InChI=1S/C62H44N2/c1-6-18-45(19-7-1)47-32-38-54(39-33-47)64(55-40-34-48(35-41-55)46-30-36-53(37-31-46)63-61(49-20-8-2-9-21-49)50-22-10-3-11-23-50)56-42-43-58-57-28-16-17-29-59(57)62(60(58)44-56,51-24-12-4-13-25-51)52-26-14-5-15-27-52/h1-44H. The maximum atomic E-state index is 5.16. The number of nitrogens with zero attached hydrogens (tertiary/aromatic N) is 2. The monoisotopic (exact) mass is 816 g/mol. The minimum absolute atomic E-state index is 0.504. The largest absolute Gasteiger partial charge is 0.310 e. The second-order valence-corrected chi connectivity index (χ2v) is 16.3. The van der Waals surface area contributed by atoms with E-state index in [1.807, 2.05) is 12.1 Å². The summed E-state index contributed by atoms with van der Waals surface area (Å²) in [7, 11) is 0. The molecule has 64 heavy (non-hydrogen) atoms. The maximum Gasteiger partial charge on any atom is 0.0781 e. The minimum Gasteiger partial charge on any atom is -0.310 e.